The highest BCUT2D eigenvalue weighted by atomic mass is 31.3. The molecule has 0 spiro atoms. The van der Waals surface area contributed by atoms with E-state index in [1.807, 2.05) is 4.98 Å². The van der Waals surface area contributed by atoms with E-state index in [0.29, 0.717) is 4.57 Å². The molecule has 1 amide bonds. The van der Waals surface area contributed by atoms with Gasteiger partial charge in [0.1, 0.15) is 79.3 Å². The number of hydrogen-bond donors (Lipinski definition) is 14. The number of hydrogen-bond acceptors (Lipinski definition) is 24. The first-order chi connectivity index (χ1) is 28.5. The molecular formula is C30H49N3O26P2. The number of nitrogens with zero attached hydrogens (tertiary/aromatic N) is 1. The quantitative estimate of drug-likeness (QED) is 0.0685. The van der Waals surface area contributed by atoms with Gasteiger partial charge in [-0.2, -0.15) is 4.31 Å². The van der Waals surface area contributed by atoms with Crippen molar-refractivity contribution >= 4 is 21.6 Å². The standard InChI is InChI=1S/C30H49N3O26P2/c1-9-17(39)11(5-34)53-28(18(9)40)57-25-13(7-36)55-29(23(45)21(25)43)56-24-12(6-35)54-27(16(20(24)42)31-10(2)37)58-61(49,50)59-60(47,48)51-8-14-19(41)22(44)26(52-14)33-4-3-15(38)32-30(33)46/h3-4,9,11-14,16-29,34-36,39-45H,5-8H2,1-2H3,(H,31,37)(H,47,48)(H,49,50)(H,32,38,46)/t9?,11?,12?,13?,14-,16?,17?,18?,19-,20?,21?,22-,23?,24?,25?,26-,27?,28?,29+/m1/s1. The number of nitrogens with one attached hydrogen (secondary N) is 2. The van der Waals surface area contributed by atoms with E-state index in [0.717, 1.165) is 19.2 Å². The number of aromatic nitrogens is 2. The zero-order chi connectivity index (χ0) is 45.3. The Morgan fingerprint density at radius 1 is 0.738 bits per heavy atom. The van der Waals surface area contributed by atoms with Crippen LogP contribution in [0.25, 0.3) is 0 Å². The summed E-state index contributed by atoms with van der Waals surface area (Å²) in [5, 5.41) is 107. The number of amides is 1. The van der Waals surface area contributed by atoms with Crippen molar-refractivity contribution in [1.82, 2.24) is 14.9 Å². The summed E-state index contributed by atoms with van der Waals surface area (Å²) in [6.45, 7) is -1.51. The number of phosphoric acid groups is 2. The number of aromatic amines is 1. The van der Waals surface area contributed by atoms with E-state index >= 15 is 0 Å². The van der Waals surface area contributed by atoms with Gasteiger partial charge in [0, 0.05) is 25.1 Å². The number of carbonyl (C=O) groups excluding carboxylic acids is 1. The molecule has 31 heteroatoms. The fraction of sp³-hybridized carbons (Fsp3) is 0.833. The van der Waals surface area contributed by atoms with Crippen LogP contribution in [0.3, 0.4) is 0 Å². The highest BCUT2D eigenvalue weighted by Crippen LogP contribution is 2.61. The van der Waals surface area contributed by atoms with E-state index in [2.05, 4.69) is 14.2 Å². The van der Waals surface area contributed by atoms with E-state index in [1.165, 1.54) is 6.92 Å². The van der Waals surface area contributed by atoms with Gasteiger partial charge >= 0.3 is 21.3 Å². The minimum Gasteiger partial charge on any atom is -0.394 e. The molecule has 29 nitrogen and oxygen atoms in total. The Kier molecular flexibility index (Phi) is 16.6. The molecule has 1 aromatic heterocycles. The van der Waals surface area contributed by atoms with Gasteiger partial charge in [0.05, 0.1) is 32.5 Å². The molecule has 0 radical (unpaired) electrons. The number of aliphatic hydroxyl groups excluding tert-OH is 10. The molecule has 21 atom stereocenters. The summed E-state index contributed by atoms with van der Waals surface area (Å²) >= 11 is 0. The lowest BCUT2D eigenvalue weighted by Crippen LogP contribution is -2.68. The summed E-state index contributed by atoms with van der Waals surface area (Å²) in [6, 6.07) is -1.06. The van der Waals surface area contributed by atoms with Crippen LogP contribution in [0.4, 0.5) is 0 Å². The van der Waals surface area contributed by atoms with Crippen molar-refractivity contribution in [2.24, 2.45) is 5.92 Å². The minimum absolute atomic E-state index is 0.685. The molecule has 4 aliphatic rings. The lowest BCUT2D eigenvalue weighted by Gasteiger charge is -2.48. The van der Waals surface area contributed by atoms with Gasteiger partial charge in [-0.1, -0.05) is 6.92 Å². The third kappa shape index (κ3) is 11.4. The molecular weight excluding hydrogens is 880 g/mol. The lowest BCUT2D eigenvalue weighted by atomic mass is 9.90. The smallest absolute Gasteiger partial charge is 0.394 e. The zero-order valence-electron chi connectivity index (χ0n) is 31.9. The summed E-state index contributed by atoms with van der Waals surface area (Å²) in [5.41, 5.74) is -1.84. The minimum atomic E-state index is -5.89. The Morgan fingerprint density at radius 3 is 1.87 bits per heavy atom. The zero-order valence-corrected chi connectivity index (χ0v) is 33.7. The molecule has 0 saturated carbocycles. The molecule has 0 bridgehead atoms. The molecule has 16 unspecified atom stereocenters. The van der Waals surface area contributed by atoms with Crippen LogP contribution in [0.2, 0.25) is 0 Å². The number of phosphoric ester groups is 2. The van der Waals surface area contributed by atoms with Crippen molar-refractivity contribution in [3.63, 3.8) is 0 Å². The fourth-order valence-corrected chi connectivity index (χ4v) is 9.10. The van der Waals surface area contributed by atoms with Gasteiger partial charge in [-0.05, 0) is 0 Å². The van der Waals surface area contributed by atoms with Gasteiger partial charge in [-0.25, -0.2) is 13.9 Å². The van der Waals surface area contributed by atoms with Crippen molar-refractivity contribution in [2.75, 3.05) is 26.4 Å². The normalized spacial score (nSPS) is 42.7. The molecule has 4 saturated heterocycles. The van der Waals surface area contributed by atoms with Gasteiger partial charge < -0.3 is 94.6 Å². The Labute approximate surface area is 342 Å². The number of carbonyl (C=O) groups is 1. The van der Waals surface area contributed by atoms with Crippen molar-refractivity contribution in [3.05, 3.63) is 33.1 Å². The van der Waals surface area contributed by atoms with Crippen LogP contribution in [0.1, 0.15) is 20.1 Å². The van der Waals surface area contributed by atoms with E-state index in [1.54, 1.807) is 0 Å². The molecule has 5 heterocycles. The van der Waals surface area contributed by atoms with Gasteiger partial charge in [-0.3, -0.25) is 28.2 Å². The molecule has 61 heavy (non-hydrogen) atoms. The molecule has 14 N–H and O–H groups in total. The predicted molar refractivity (Wildman–Crippen MR) is 189 cm³/mol. The molecule has 5 rings (SSSR count). The summed E-state index contributed by atoms with van der Waals surface area (Å²) < 4.78 is 73.4. The Bertz CT molecular complexity index is 1850. The van der Waals surface area contributed by atoms with Crippen LogP contribution in [0, 0.1) is 5.92 Å². The van der Waals surface area contributed by atoms with Crippen molar-refractivity contribution in [3.8, 4) is 0 Å². The van der Waals surface area contributed by atoms with Gasteiger partial charge in [-0.15, -0.1) is 0 Å². The molecule has 0 aromatic carbocycles. The Balaban J connectivity index is 1.23. The van der Waals surface area contributed by atoms with Crippen molar-refractivity contribution < 1.29 is 117 Å². The van der Waals surface area contributed by atoms with E-state index in [4.69, 9.17) is 32.9 Å². The first-order valence-electron chi connectivity index (χ1n) is 18.3. The highest BCUT2D eigenvalue weighted by Gasteiger charge is 2.55. The predicted octanol–water partition coefficient (Wildman–Crippen LogP) is -7.73. The number of H-pyrrole nitrogens is 1. The number of ether oxygens (including phenoxy) is 6. The summed E-state index contributed by atoms with van der Waals surface area (Å²) in [5.74, 6) is -1.84. The maximum atomic E-state index is 13.0. The molecule has 350 valence electrons. The molecule has 1 aromatic rings. The summed E-state index contributed by atoms with van der Waals surface area (Å²) in [7, 11) is -11.6. The molecule has 0 aliphatic carbocycles. The monoisotopic (exact) mass is 929 g/mol. The van der Waals surface area contributed by atoms with Gasteiger partial charge in [0.2, 0.25) is 5.91 Å². The van der Waals surface area contributed by atoms with Gasteiger partial charge in [0.15, 0.2) is 25.1 Å². The largest absolute Gasteiger partial charge is 0.483 e. The first-order valence-corrected chi connectivity index (χ1v) is 21.3. The van der Waals surface area contributed by atoms with Crippen molar-refractivity contribution in [2.45, 2.75) is 124 Å². The fourth-order valence-electron chi connectivity index (χ4n) is 6.94. The van der Waals surface area contributed by atoms with E-state index in [-0.39, 0.29) is 0 Å². The summed E-state index contributed by atoms with van der Waals surface area (Å²) in [4.78, 5) is 58.3. The molecule has 4 fully saturated rings. The van der Waals surface area contributed by atoms with E-state index in [9.17, 15) is 84.4 Å². The number of rotatable bonds is 16. The van der Waals surface area contributed by atoms with Crippen LogP contribution >= 0.6 is 15.6 Å². The topological polar surface area (TPSA) is 444 Å². The first kappa shape index (κ1) is 49.8. The maximum absolute atomic E-state index is 13.0. The van der Waals surface area contributed by atoms with E-state index < -0.39 is 176 Å². The third-order valence-electron chi connectivity index (χ3n) is 10.2. The lowest BCUT2D eigenvalue weighted by molar-refractivity contribution is -0.371. The van der Waals surface area contributed by atoms with Crippen LogP contribution in [-0.4, -0.2) is 207 Å². The third-order valence-corrected chi connectivity index (χ3v) is 12.8. The van der Waals surface area contributed by atoms with Crippen LogP contribution in [0.15, 0.2) is 21.9 Å². The van der Waals surface area contributed by atoms with Crippen LogP contribution in [-0.2, 0) is 55.7 Å². The average molecular weight is 930 g/mol. The Hall–Kier alpha value is -2.23. The molecule has 4 aliphatic heterocycles. The van der Waals surface area contributed by atoms with Crippen LogP contribution in [0.5, 0.6) is 0 Å². The second kappa shape index (κ2) is 20.3. The maximum Gasteiger partial charge on any atom is 0.483 e. The SMILES string of the molecule is CC(=O)NC1C(OP(=O)(O)OP(=O)(O)OC[C@H]2O[C@@H](n3ccc(=O)[nH]c3=O)[C@H](O)[C@@H]2O)OC(CO)C(O[C@@H]2OC(CO)C(OC3OC(CO)C(O)C(C)C3O)C(O)C2O)C1O. The summed E-state index contributed by atoms with van der Waals surface area (Å²) in [6.07, 6.45) is -29.3. The average Bonchev–Trinajstić information content (AvgIpc) is 3.47. The Morgan fingerprint density at radius 2 is 1.30 bits per heavy atom. The second-order valence-electron chi connectivity index (χ2n) is 14.4. The van der Waals surface area contributed by atoms with Crippen LogP contribution < -0.4 is 16.6 Å². The van der Waals surface area contributed by atoms with Gasteiger partial charge in [0.25, 0.3) is 5.56 Å². The highest BCUT2D eigenvalue weighted by molar-refractivity contribution is 7.61. The van der Waals surface area contributed by atoms with Crippen molar-refractivity contribution in [1.29, 1.82) is 0 Å². The second-order valence-corrected chi connectivity index (χ2v) is 17.4. The number of aliphatic hydroxyl groups is 10.